The minimum atomic E-state index is -0.602. The van der Waals surface area contributed by atoms with Crippen molar-refractivity contribution in [1.29, 1.82) is 0 Å². The number of rotatable bonds is 7. The van der Waals surface area contributed by atoms with Crippen LogP contribution in [0, 0.1) is 12.7 Å². The number of carbonyl (C=O) groups is 1. The van der Waals surface area contributed by atoms with Gasteiger partial charge in [-0.2, -0.15) is 0 Å². The molecule has 3 N–H and O–H groups in total. The Morgan fingerprint density at radius 1 is 1.16 bits per heavy atom. The van der Waals surface area contributed by atoms with Gasteiger partial charge in [0.05, 0.1) is 26.0 Å². The first-order valence-electron chi connectivity index (χ1n) is 7.58. The van der Waals surface area contributed by atoms with Gasteiger partial charge in [0.25, 0.3) is 5.91 Å². The lowest BCUT2D eigenvalue weighted by molar-refractivity contribution is -0.118. The van der Waals surface area contributed by atoms with Crippen molar-refractivity contribution in [3.05, 3.63) is 52.8 Å². The highest BCUT2D eigenvalue weighted by Gasteiger charge is 2.14. The number of benzene rings is 2. The fraction of sp³-hybridized carbons (Fsp3) is 0.278. The van der Waals surface area contributed by atoms with Gasteiger partial charge in [0.1, 0.15) is 17.3 Å². The normalized spacial score (nSPS) is 10.4. The number of methoxy groups -OCH3 is 1. The molecule has 0 unspecified atom stereocenters. The molecule has 0 spiro atoms. The highest BCUT2D eigenvalue weighted by Crippen LogP contribution is 2.27. The second kappa shape index (κ2) is 8.46. The van der Waals surface area contributed by atoms with Crippen LogP contribution < -0.4 is 14.8 Å². The topological polar surface area (TPSA) is 88.0 Å². The maximum absolute atomic E-state index is 13.4. The average Bonchev–Trinajstić information content (AvgIpc) is 2.60. The number of amides is 1. The summed E-state index contributed by atoms with van der Waals surface area (Å²) < 4.78 is 24.0. The van der Waals surface area contributed by atoms with Crippen molar-refractivity contribution in [2.24, 2.45) is 0 Å². The van der Waals surface area contributed by atoms with Crippen LogP contribution in [0.5, 0.6) is 11.5 Å². The van der Waals surface area contributed by atoms with E-state index < -0.39 is 24.9 Å². The summed E-state index contributed by atoms with van der Waals surface area (Å²) in [5.74, 6) is -0.457. The molecule has 0 radical (unpaired) electrons. The van der Waals surface area contributed by atoms with Gasteiger partial charge in [0, 0.05) is 11.1 Å². The van der Waals surface area contributed by atoms with Crippen LogP contribution >= 0.6 is 0 Å². The molecular weight excluding hydrogens is 329 g/mol. The van der Waals surface area contributed by atoms with Crippen molar-refractivity contribution >= 4 is 11.6 Å². The molecule has 2 aromatic carbocycles. The molecule has 0 aliphatic carbocycles. The molecule has 0 saturated heterocycles. The Kier molecular flexibility index (Phi) is 6.32. The highest BCUT2D eigenvalue weighted by atomic mass is 19.1. The van der Waals surface area contributed by atoms with E-state index in [0.29, 0.717) is 11.4 Å². The van der Waals surface area contributed by atoms with Crippen molar-refractivity contribution in [3.63, 3.8) is 0 Å². The van der Waals surface area contributed by atoms with E-state index >= 15 is 0 Å². The zero-order valence-corrected chi connectivity index (χ0v) is 14.0. The Morgan fingerprint density at radius 3 is 2.36 bits per heavy atom. The highest BCUT2D eigenvalue weighted by molar-refractivity contribution is 5.93. The summed E-state index contributed by atoms with van der Waals surface area (Å²) in [4.78, 5) is 12.1. The van der Waals surface area contributed by atoms with Crippen molar-refractivity contribution in [1.82, 2.24) is 0 Å². The van der Waals surface area contributed by atoms with Crippen molar-refractivity contribution in [3.8, 4) is 11.5 Å². The largest absolute Gasteiger partial charge is 0.495 e. The van der Waals surface area contributed by atoms with Gasteiger partial charge in [-0.3, -0.25) is 4.79 Å². The fourth-order valence-corrected chi connectivity index (χ4v) is 2.38. The van der Waals surface area contributed by atoms with Crippen LogP contribution in [0.2, 0.25) is 0 Å². The molecule has 2 rings (SSSR count). The Hall–Kier alpha value is -2.64. The van der Waals surface area contributed by atoms with Gasteiger partial charge in [0.15, 0.2) is 6.61 Å². The number of carbonyl (C=O) groups excluding carboxylic acids is 1. The number of aryl methyl sites for hydroxylation is 1. The van der Waals surface area contributed by atoms with Crippen LogP contribution in [0.15, 0.2) is 30.3 Å². The lowest BCUT2D eigenvalue weighted by atomic mass is 10.1. The molecule has 25 heavy (non-hydrogen) atoms. The van der Waals surface area contributed by atoms with Crippen LogP contribution in [-0.2, 0) is 18.0 Å². The molecule has 0 fully saturated rings. The molecule has 0 aromatic heterocycles. The first-order chi connectivity index (χ1) is 12.0. The number of anilines is 1. The summed E-state index contributed by atoms with van der Waals surface area (Å²) in [5, 5.41) is 21.3. The predicted molar refractivity (Wildman–Crippen MR) is 90.1 cm³/mol. The predicted octanol–water partition coefficient (Wildman–Crippen LogP) is 2.14. The van der Waals surface area contributed by atoms with Gasteiger partial charge < -0.3 is 25.0 Å². The summed E-state index contributed by atoms with van der Waals surface area (Å²) >= 11 is 0. The smallest absolute Gasteiger partial charge is 0.262 e. The van der Waals surface area contributed by atoms with E-state index in [1.807, 2.05) is 13.0 Å². The zero-order chi connectivity index (χ0) is 18.4. The molecule has 6 nitrogen and oxygen atoms in total. The number of aliphatic hydroxyl groups is 2. The Balaban J connectivity index is 2.12. The van der Waals surface area contributed by atoms with Crippen LogP contribution in [0.4, 0.5) is 10.1 Å². The van der Waals surface area contributed by atoms with Gasteiger partial charge in [-0.25, -0.2) is 4.39 Å². The molecule has 2 aromatic rings. The quantitative estimate of drug-likeness (QED) is 0.713. The van der Waals surface area contributed by atoms with E-state index in [2.05, 4.69) is 5.32 Å². The third kappa shape index (κ3) is 4.68. The van der Waals surface area contributed by atoms with Crippen LogP contribution in [0.25, 0.3) is 0 Å². The second-order valence-electron chi connectivity index (χ2n) is 5.41. The minimum absolute atomic E-state index is 0.0951. The van der Waals surface area contributed by atoms with Crippen molar-refractivity contribution in [2.75, 3.05) is 19.0 Å². The van der Waals surface area contributed by atoms with E-state index in [1.165, 1.54) is 7.11 Å². The molecule has 7 heteroatoms. The maximum Gasteiger partial charge on any atom is 0.262 e. The Bertz CT molecular complexity index is 738. The molecule has 0 aliphatic heterocycles. The molecule has 0 bridgehead atoms. The van der Waals surface area contributed by atoms with Crippen molar-refractivity contribution < 1.29 is 28.9 Å². The summed E-state index contributed by atoms with van der Waals surface area (Å²) in [6, 6.07) is 7.53. The van der Waals surface area contributed by atoms with Crippen LogP contribution in [-0.4, -0.2) is 29.8 Å². The van der Waals surface area contributed by atoms with Crippen LogP contribution in [0.3, 0.4) is 0 Å². The maximum atomic E-state index is 13.4. The number of hydrogen-bond donors (Lipinski definition) is 3. The third-order valence-corrected chi connectivity index (χ3v) is 3.52. The molecule has 0 aliphatic rings. The first-order valence-corrected chi connectivity index (χ1v) is 7.58. The number of nitrogens with one attached hydrogen (secondary N) is 1. The standard InChI is InChI=1S/C18H20FNO5/c1-11-3-4-16(24-2)15(5-11)20-17(23)10-25-18-12(8-21)6-14(19)7-13(18)9-22/h3-7,21-22H,8-10H2,1-2H3,(H,20,23). The molecule has 1 amide bonds. The van der Waals surface area contributed by atoms with Gasteiger partial charge in [0.2, 0.25) is 0 Å². The van der Waals surface area contributed by atoms with Gasteiger partial charge in [-0.15, -0.1) is 0 Å². The van der Waals surface area contributed by atoms with Crippen molar-refractivity contribution in [2.45, 2.75) is 20.1 Å². The fourth-order valence-electron chi connectivity index (χ4n) is 2.38. The SMILES string of the molecule is COc1ccc(C)cc1NC(=O)COc1c(CO)cc(F)cc1CO. The summed E-state index contributed by atoms with van der Waals surface area (Å²) in [7, 11) is 1.50. The Morgan fingerprint density at radius 2 is 1.80 bits per heavy atom. The van der Waals surface area contributed by atoms with Gasteiger partial charge >= 0.3 is 0 Å². The van der Waals surface area contributed by atoms with E-state index in [0.717, 1.165) is 17.7 Å². The van der Waals surface area contributed by atoms with Crippen LogP contribution in [0.1, 0.15) is 16.7 Å². The first kappa shape index (κ1) is 18.7. The molecular formula is C18H20FNO5. The van der Waals surface area contributed by atoms with E-state index in [-0.39, 0.29) is 23.5 Å². The van der Waals surface area contributed by atoms with Gasteiger partial charge in [-0.1, -0.05) is 6.07 Å². The van der Waals surface area contributed by atoms with Gasteiger partial charge in [-0.05, 0) is 36.8 Å². The lowest BCUT2D eigenvalue weighted by Crippen LogP contribution is -2.21. The average molecular weight is 349 g/mol. The lowest BCUT2D eigenvalue weighted by Gasteiger charge is -2.15. The second-order valence-corrected chi connectivity index (χ2v) is 5.41. The number of halogens is 1. The summed E-state index contributed by atoms with van der Waals surface area (Å²) in [5.41, 5.74) is 1.76. The number of aliphatic hydroxyl groups excluding tert-OH is 2. The third-order valence-electron chi connectivity index (χ3n) is 3.52. The van der Waals surface area contributed by atoms with E-state index in [1.54, 1.807) is 12.1 Å². The van der Waals surface area contributed by atoms with E-state index in [4.69, 9.17) is 9.47 Å². The zero-order valence-electron chi connectivity index (χ0n) is 14.0. The Labute approximate surface area is 144 Å². The molecule has 0 heterocycles. The number of ether oxygens (including phenoxy) is 2. The monoisotopic (exact) mass is 349 g/mol. The number of hydrogen-bond acceptors (Lipinski definition) is 5. The minimum Gasteiger partial charge on any atom is -0.495 e. The molecule has 0 atom stereocenters. The molecule has 134 valence electrons. The summed E-state index contributed by atoms with van der Waals surface area (Å²) in [6.07, 6.45) is 0. The molecule has 0 saturated carbocycles. The summed E-state index contributed by atoms with van der Waals surface area (Å²) in [6.45, 7) is 0.550. The van der Waals surface area contributed by atoms with E-state index in [9.17, 15) is 19.4 Å².